The van der Waals surface area contributed by atoms with Gasteiger partial charge in [-0.2, -0.15) is 0 Å². The van der Waals surface area contributed by atoms with E-state index in [1.165, 1.54) is 6.33 Å². The van der Waals surface area contributed by atoms with Crippen LogP contribution in [0.5, 0.6) is 0 Å². The Morgan fingerprint density at radius 2 is 2.12 bits per heavy atom. The largest absolute Gasteiger partial charge is 0.372 e. The Hall–Kier alpha value is -2.38. The van der Waals surface area contributed by atoms with E-state index in [1.807, 2.05) is 23.1 Å². The van der Waals surface area contributed by atoms with Crippen LogP contribution in [0.4, 0.5) is 0 Å². The van der Waals surface area contributed by atoms with Crippen LogP contribution in [0.25, 0.3) is 0 Å². The molecular formula is C19H22N4O3. The van der Waals surface area contributed by atoms with Gasteiger partial charge in [0.15, 0.2) is 0 Å². The molecule has 2 saturated heterocycles. The molecule has 2 fully saturated rings. The Kier molecular flexibility index (Phi) is 4.90. The lowest BCUT2D eigenvalue weighted by Crippen LogP contribution is -2.46. The van der Waals surface area contributed by atoms with Crippen LogP contribution in [0.2, 0.25) is 0 Å². The zero-order valence-electron chi connectivity index (χ0n) is 14.6. The van der Waals surface area contributed by atoms with E-state index in [1.54, 1.807) is 18.5 Å². The molecule has 0 saturated carbocycles. The fourth-order valence-electron chi connectivity index (χ4n) is 3.64. The smallest absolute Gasteiger partial charge is 0.272 e. The Morgan fingerprint density at radius 3 is 2.85 bits per heavy atom. The molecule has 136 valence electrons. The molecule has 4 rings (SSSR count). The van der Waals surface area contributed by atoms with Crippen molar-refractivity contribution in [2.75, 3.05) is 19.7 Å². The van der Waals surface area contributed by atoms with Crippen molar-refractivity contribution in [3.05, 3.63) is 54.4 Å². The summed E-state index contributed by atoms with van der Waals surface area (Å²) in [5.41, 5.74) is 1.20. The molecule has 0 radical (unpaired) electrons. The summed E-state index contributed by atoms with van der Waals surface area (Å²) >= 11 is 0. The molecule has 1 amide bonds. The number of nitrogens with zero attached hydrogens (tertiary/aromatic N) is 4. The van der Waals surface area contributed by atoms with E-state index in [0.717, 1.165) is 25.0 Å². The topological polar surface area (TPSA) is 77.4 Å². The Balaban J connectivity index is 1.28. The van der Waals surface area contributed by atoms with Gasteiger partial charge in [0.2, 0.25) is 0 Å². The molecule has 26 heavy (non-hydrogen) atoms. The Labute approximate surface area is 152 Å². The predicted molar refractivity (Wildman–Crippen MR) is 93.3 cm³/mol. The molecule has 1 spiro atoms. The summed E-state index contributed by atoms with van der Waals surface area (Å²) in [6.45, 7) is 2.46. The van der Waals surface area contributed by atoms with E-state index in [2.05, 4.69) is 15.0 Å². The highest BCUT2D eigenvalue weighted by Gasteiger charge is 2.44. The SMILES string of the molecule is O=C(c1ccncn1)N1CCC2(CC1)CC(OCc1ccccn1)CO2. The summed E-state index contributed by atoms with van der Waals surface area (Å²) in [4.78, 5) is 26.5. The summed E-state index contributed by atoms with van der Waals surface area (Å²) in [6.07, 6.45) is 7.38. The van der Waals surface area contributed by atoms with E-state index >= 15 is 0 Å². The monoisotopic (exact) mass is 354 g/mol. The minimum absolute atomic E-state index is 0.0387. The lowest BCUT2D eigenvalue weighted by Gasteiger charge is -2.38. The number of hydrogen-bond acceptors (Lipinski definition) is 6. The zero-order chi connectivity index (χ0) is 17.8. The molecule has 7 nitrogen and oxygen atoms in total. The lowest BCUT2D eigenvalue weighted by molar-refractivity contribution is -0.0413. The van der Waals surface area contributed by atoms with Crippen LogP contribution in [0.1, 0.15) is 35.4 Å². The molecule has 2 aromatic rings. The van der Waals surface area contributed by atoms with E-state index in [9.17, 15) is 4.79 Å². The van der Waals surface area contributed by atoms with Crippen LogP contribution in [-0.2, 0) is 16.1 Å². The predicted octanol–water partition coefficient (Wildman–Crippen LogP) is 1.85. The summed E-state index contributed by atoms with van der Waals surface area (Å²) in [5, 5.41) is 0. The number of amides is 1. The molecule has 2 aromatic heterocycles. The van der Waals surface area contributed by atoms with Crippen LogP contribution < -0.4 is 0 Å². The first-order chi connectivity index (χ1) is 12.7. The molecule has 7 heteroatoms. The van der Waals surface area contributed by atoms with E-state index in [0.29, 0.717) is 32.0 Å². The number of ether oxygens (including phenoxy) is 2. The van der Waals surface area contributed by atoms with Gasteiger partial charge in [0.05, 0.1) is 30.6 Å². The maximum Gasteiger partial charge on any atom is 0.272 e. The fraction of sp³-hybridized carbons (Fsp3) is 0.474. The third-order valence-corrected chi connectivity index (χ3v) is 5.13. The lowest BCUT2D eigenvalue weighted by atomic mass is 9.88. The number of piperidine rings is 1. The highest BCUT2D eigenvalue weighted by Crippen LogP contribution is 2.37. The quantitative estimate of drug-likeness (QED) is 0.834. The Morgan fingerprint density at radius 1 is 1.23 bits per heavy atom. The maximum atomic E-state index is 12.5. The summed E-state index contributed by atoms with van der Waals surface area (Å²) in [7, 11) is 0. The van der Waals surface area contributed by atoms with Crippen molar-refractivity contribution < 1.29 is 14.3 Å². The average Bonchev–Trinajstić information content (AvgIpc) is 3.10. The van der Waals surface area contributed by atoms with Gasteiger partial charge < -0.3 is 14.4 Å². The number of hydrogen-bond donors (Lipinski definition) is 0. The first-order valence-corrected chi connectivity index (χ1v) is 8.95. The van der Waals surface area contributed by atoms with Crippen molar-refractivity contribution in [1.82, 2.24) is 19.9 Å². The number of likely N-dealkylation sites (tertiary alicyclic amines) is 1. The molecule has 0 aliphatic carbocycles. The minimum atomic E-state index is -0.169. The summed E-state index contributed by atoms with van der Waals surface area (Å²) in [6, 6.07) is 7.47. The second kappa shape index (κ2) is 7.47. The number of carbonyl (C=O) groups is 1. The molecule has 1 unspecified atom stereocenters. The number of aromatic nitrogens is 3. The highest BCUT2D eigenvalue weighted by molar-refractivity contribution is 5.92. The molecule has 2 aliphatic heterocycles. The van der Waals surface area contributed by atoms with Crippen LogP contribution >= 0.6 is 0 Å². The van der Waals surface area contributed by atoms with Crippen molar-refractivity contribution in [2.24, 2.45) is 0 Å². The van der Waals surface area contributed by atoms with Crippen LogP contribution in [0, 0.1) is 0 Å². The first-order valence-electron chi connectivity index (χ1n) is 8.95. The van der Waals surface area contributed by atoms with Gasteiger partial charge in [0, 0.05) is 31.9 Å². The maximum absolute atomic E-state index is 12.5. The Bertz CT molecular complexity index is 733. The van der Waals surface area contributed by atoms with Gasteiger partial charge in [0.25, 0.3) is 5.91 Å². The van der Waals surface area contributed by atoms with Gasteiger partial charge >= 0.3 is 0 Å². The fourth-order valence-corrected chi connectivity index (χ4v) is 3.64. The minimum Gasteiger partial charge on any atom is -0.372 e. The van der Waals surface area contributed by atoms with Gasteiger partial charge in [-0.3, -0.25) is 9.78 Å². The van der Waals surface area contributed by atoms with Crippen molar-refractivity contribution in [2.45, 2.75) is 37.6 Å². The van der Waals surface area contributed by atoms with Crippen molar-refractivity contribution >= 4 is 5.91 Å². The van der Waals surface area contributed by atoms with Crippen LogP contribution in [-0.4, -0.2) is 57.2 Å². The third-order valence-electron chi connectivity index (χ3n) is 5.13. The third kappa shape index (κ3) is 3.73. The molecule has 0 aromatic carbocycles. The van der Waals surface area contributed by atoms with E-state index in [-0.39, 0.29) is 17.6 Å². The second-order valence-corrected chi connectivity index (χ2v) is 6.84. The van der Waals surface area contributed by atoms with Gasteiger partial charge in [-0.1, -0.05) is 6.07 Å². The van der Waals surface area contributed by atoms with Gasteiger partial charge in [-0.05, 0) is 31.0 Å². The van der Waals surface area contributed by atoms with Crippen molar-refractivity contribution in [3.63, 3.8) is 0 Å². The van der Waals surface area contributed by atoms with Gasteiger partial charge in [0.1, 0.15) is 12.0 Å². The van der Waals surface area contributed by atoms with Gasteiger partial charge in [-0.15, -0.1) is 0 Å². The first kappa shape index (κ1) is 17.1. The van der Waals surface area contributed by atoms with E-state index < -0.39 is 0 Å². The number of rotatable bonds is 4. The molecule has 0 bridgehead atoms. The summed E-state index contributed by atoms with van der Waals surface area (Å²) < 4.78 is 12.1. The molecular weight excluding hydrogens is 332 g/mol. The highest BCUT2D eigenvalue weighted by atomic mass is 16.6. The molecule has 2 aliphatic rings. The standard InChI is InChI=1S/C19H22N4O3/c24-18(17-4-8-20-14-22-17)23-9-5-19(6-10-23)11-16(13-26-19)25-12-15-3-1-2-7-21-15/h1-4,7-8,14,16H,5-6,9-13H2. The molecule has 1 atom stereocenters. The average molecular weight is 354 g/mol. The van der Waals surface area contributed by atoms with E-state index in [4.69, 9.17) is 9.47 Å². The molecule has 0 N–H and O–H groups in total. The number of carbonyl (C=O) groups excluding carboxylic acids is 1. The number of pyridine rings is 1. The van der Waals surface area contributed by atoms with Crippen LogP contribution in [0.3, 0.4) is 0 Å². The summed E-state index contributed by atoms with van der Waals surface area (Å²) in [5.74, 6) is -0.0387. The van der Waals surface area contributed by atoms with Crippen molar-refractivity contribution in [1.29, 1.82) is 0 Å². The van der Waals surface area contributed by atoms with Gasteiger partial charge in [-0.25, -0.2) is 9.97 Å². The zero-order valence-corrected chi connectivity index (χ0v) is 14.6. The molecule has 4 heterocycles. The second-order valence-electron chi connectivity index (χ2n) is 6.84. The normalized spacial score (nSPS) is 21.8. The van der Waals surface area contributed by atoms with Crippen LogP contribution in [0.15, 0.2) is 43.0 Å². The van der Waals surface area contributed by atoms with Crippen molar-refractivity contribution in [3.8, 4) is 0 Å².